The highest BCUT2D eigenvalue weighted by Crippen LogP contribution is 2.42. The molecule has 0 radical (unpaired) electrons. The van der Waals surface area contributed by atoms with E-state index in [9.17, 15) is 14.9 Å². The molecule has 1 aliphatic carbocycles. The second kappa shape index (κ2) is 6.54. The van der Waals surface area contributed by atoms with E-state index in [4.69, 9.17) is 11.5 Å². The van der Waals surface area contributed by atoms with E-state index in [0.29, 0.717) is 25.2 Å². The van der Waals surface area contributed by atoms with Gasteiger partial charge >= 0.3 is 5.97 Å². The summed E-state index contributed by atoms with van der Waals surface area (Å²) >= 11 is 0. The summed E-state index contributed by atoms with van der Waals surface area (Å²) in [6.07, 6.45) is 4.52. The van der Waals surface area contributed by atoms with Gasteiger partial charge in [-0.3, -0.25) is 4.79 Å². The Morgan fingerprint density at radius 2 is 2.17 bits per heavy atom. The standard InChI is InChI=1S/C12H25BN2O3/c1-13(18)5-2-3-10-7-9(4-6-14)8-12(10,15)11(16)17/h9-10,18H,2-8,14-15H2,1H3,(H,16,17)/t9-,10-,12-/m0/s1. The molecule has 6 N–H and O–H groups in total. The lowest BCUT2D eigenvalue weighted by molar-refractivity contribution is -0.145. The zero-order chi connectivity index (χ0) is 13.8. The molecule has 5 nitrogen and oxygen atoms in total. The summed E-state index contributed by atoms with van der Waals surface area (Å²) in [5.41, 5.74) is 10.5. The third-order valence-corrected chi connectivity index (χ3v) is 4.12. The summed E-state index contributed by atoms with van der Waals surface area (Å²) in [7, 11) is 0. The van der Waals surface area contributed by atoms with Crippen LogP contribution >= 0.6 is 0 Å². The molecule has 0 heterocycles. The third-order valence-electron chi connectivity index (χ3n) is 4.12. The van der Waals surface area contributed by atoms with Crippen molar-refractivity contribution in [3.05, 3.63) is 0 Å². The molecule has 3 atom stereocenters. The number of carbonyl (C=O) groups is 1. The SMILES string of the molecule is CB(O)CCC[C@H]1C[C@H](CCN)C[C@@]1(N)C(=O)O. The van der Waals surface area contributed by atoms with E-state index in [1.807, 2.05) is 0 Å². The summed E-state index contributed by atoms with van der Waals surface area (Å²) in [6, 6.07) is 0. The van der Waals surface area contributed by atoms with Crippen LogP contribution < -0.4 is 11.5 Å². The zero-order valence-electron chi connectivity index (χ0n) is 11.1. The van der Waals surface area contributed by atoms with Crippen molar-refractivity contribution in [2.75, 3.05) is 6.54 Å². The quantitative estimate of drug-likeness (QED) is 0.497. The first kappa shape index (κ1) is 15.5. The number of rotatable bonds is 7. The third kappa shape index (κ3) is 3.70. The van der Waals surface area contributed by atoms with Crippen LogP contribution in [-0.2, 0) is 4.79 Å². The first-order valence-electron chi connectivity index (χ1n) is 6.80. The molecule has 0 aromatic heterocycles. The number of nitrogens with two attached hydrogens (primary N) is 2. The second-order valence-corrected chi connectivity index (χ2v) is 5.71. The van der Waals surface area contributed by atoms with Crippen LogP contribution in [0.5, 0.6) is 0 Å². The Kier molecular flexibility index (Phi) is 5.62. The van der Waals surface area contributed by atoms with Gasteiger partial charge in [-0.05, 0) is 50.4 Å². The number of carboxylic acids is 1. The van der Waals surface area contributed by atoms with Crippen LogP contribution in [0.15, 0.2) is 0 Å². The second-order valence-electron chi connectivity index (χ2n) is 5.71. The van der Waals surface area contributed by atoms with Gasteiger partial charge < -0.3 is 21.6 Å². The Hall–Kier alpha value is -0.585. The van der Waals surface area contributed by atoms with Crippen molar-refractivity contribution < 1.29 is 14.9 Å². The van der Waals surface area contributed by atoms with Gasteiger partial charge in [-0.1, -0.05) is 13.2 Å². The summed E-state index contributed by atoms with van der Waals surface area (Å²) in [6.45, 7) is 2.00. The number of hydrogen-bond acceptors (Lipinski definition) is 4. The van der Waals surface area contributed by atoms with Crippen LogP contribution in [0.1, 0.15) is 32.1 Å². The van der Waals surface area contributed by atoms with Crippen LogP contribution in [-0.4, -0.2) is 35.1 Å². The fourth-order valence-corrected chi connectivity index (χ4v) is 3.09. The maximum atomic E-state index is 11.4. The molecular weight excluding hydrogens is 231 g/mol. The fourth-order valence-electron chi connectivity index (χ4n) is 3.09. The Balaban J connectivity index is 2.58. The summed E-state index contributed by atoms with van der Waals surface area (Å²) in [5, 5.41) is 18.6. The average molecular weight is 256 g/mol. The lowest BCUT2D eigenvalue weighted by Gasteiger charge is -2.26. The Morgan fingerprint density at radius 3 is 2.67 bits per heavy atom. The van der Waals surface area contributed by atoms with E-state index in [1.165, 1.54) is 0 Å². The van der Waals surface area contributed by atoms with E-state index in [-0.39, 0.29) is 12.8 Å². The fraction of sp³-hybridized carbons (Fsp3) is 0.917. The smallest absolute Gasteiger partial charge is 0.323 e. The first-order valence-corrected chi connectivity index (χ1v) is 6.80. The van der Waals surface area contributed by atoms with Crippen LogP contribution in [0.25, 0.3) is 0 Å². The molecular formula is C12H25BN2O3. The van der Waals surface area contributed by atoms with Crippen molar-refractivity contribution in [1.82, 2.24) is 0 Å². The Bertz CT molecular complexity index is 288. The summed E-state index contributed by atoms with van der Waals surface area (Å²) < 4.78 is 0. The van der Waals surface area contributed by atoms with Crippen molar-refractivity contribution in [2.24, 2.45) is 23.3 Å². The van der Waals surface area contributed by atoms with Crippen molar-refractivity contribution in [2.45, 2.75) is 50.8 Å². The van der Waals surface area contributed by atoms with Gasteiger partial charge in [0.15, 0.2) is 0 Å². The predicted molar refractivity (Wildman–Crippen MR) is 72.3 cm³/mol. The minimum Gasteiger partial charge on any atom is -0.480 e. The first-order chi connectivity index (χ1) is 8.40. The highest BCUT2D eigenvalue weighted by atomic mass is 16.4. The van der Waals surface area contributed by atoms with E-state index < -0.39 is 11.5 Å². The number of hydrogen-bond donors (Lipinski definition) is 4. The van der Waals surface area contributed by atoms with Gasteiger partial charge in [0.1, 0.15) is 5.54 Å². The van der Waals surface area contributed by atoms with Gasteiger partial charge in [-0.2, -0.15) is 0 Å². The van der Waals surface area contributed by atoms with Crippen LogP contribution in [0.4, 0.5) is 0 Å². The van der Waals surface area contributed by atoms with Gasteiger partial charge in [0.2, 0.25) is 0 Å². The normalized spacial score (nSPS) is 31.6. The van der Waals surface area contributed by atoms with Gasteiger partial charge in [0.05, 0.1) is 0 Å². The molecule has 1 aliphatic rings. The molecule has 1 saturated carbocycles. The van der Waals surface area contributed by atoms with Gasteiger partial charge in [-0.15, -0.1) is 0 Å². The highest BCUT2D eigenvalue weighted by molar-refractivity contribution is 6.48. The minimum atomic E-state index is -1.10. The van der Waals surface area contributed by atoms with E-state index >= 15 is 0 Å². The average Bonchev–Trinajstić information content (AvgIpc) is 2.57. The Morgan fingerprint density at radius 1 is 1.50 bits per heavy atom. The molecule has 104 valence electrons. The molecule has 1 fully saturated rings. The monoisotopic (exact) mass is 256 g/mol. The molecule has 0 aromatic carbocycles. The summed E-state index contributed by atoms with van der Waals surface area (Å²) in [5.74, 6) is -0.568. The predicted octanol–water partition coefficient (Wildman–Crippen LogP) is 0.537. The molecule has 6 heteroatoms. The van der Waals surface area contributed by atoms with Crippen molar-refractivity contribution in [3.63, 3.8) is 0 Å². The van der Waals surface area contributed by atoms with Gasteiger partial charge in [0, 0.05) is 0 Å². The Labute approximate surface area is 109 Å². The molecule has 1 rings (SSSR count). The van der Waals surface area contributed by atoms with E-state index in [0.717, 1.165) is 25.7 Å². The highest BCUT2D eigenvalue weighted by Gasteiger charge is 2.49. The van der Waals surface area contributed by atoms with Crippen LogP contribution in [0.2, 0.25) is 13.1 Å². The van der Waals surface area contributed by atoms with Crippen LogP contribution in [0.3, 0.4) is 0 Å². The summed E-state index contributed by atoms with van der Waals surface area (Å²) in [4.78, 5) is 11.4. The van der Waals surface area contributed by atoms with Gasteiger partial charge in [-0.25, -0.2) is 0 Å². The minimum absolute atomic E-state index is 0.00491. The maximum absolute atomic E-state index is 11.4. The molecule has 0 spiro atoms. The lowest BCUT2D eigenvalue weighted by Crippen LogP contribution is -2.51. The van der Waals surface area contributed by atoms with Crippen LogP contribution in [0, 0.1) is 11.8 Å². The number of carboxylic acid groups (broad SMARTS) is 1. The van der Waals surface area contributed by atoms with Crippen molar-refractivity contribution in [3.8, 4) is 0 Å². The van der Waals surface area contributed by atoms with E-state index in [2.05, 4.69) is 0 Å². The maximum Gasteiger partial charge on any atom is 0.323 e. The molecule has 0 aromatic rings. The topological polar surface area (TPSA) is 110 Å². The lowest BCUT2D eigenvalue weighted by atomic mass is 9.66. The van der Waals surface area contributed by atoms with E-state index in [1.54, 1.807) is 6.82 Å². The molecule has 18 heavy (non-hydrogen) atoms. The van der Waals surface area contributed by atoms with Crippen molar-refractivity contribution in [1.29, 1.82) is 0 Å². The van der Waals surface area contributed by atoms with Gasteiger partial charge in [0.25, 0.3) is 6.92 Å². The molecule has 0 saturated heterocycles. The molecule has 0 aliphatic heterocycles. The largest absolute Gasteiger partial charge is 0.480 e. The number of aliphatic carboxylic acids is 1. The molecule has 0 unspecified atom stereocenters. The zero-order valence-corrected chi connectivity index (χ0v) is 11.1. The van der Waals surface area contributed by atoms with Crippen molar-refractivity contribution >= 4 is 12.9 Å². The molecule has 0 bridgehead atoms. The molecule has 0 amide bonds.